The average Bonchev–Trinajstić information content (AvgIpc) is 2.45. The molecule has 1 saturated carbocycles. The summed E-state index contributed by atoms with van der Waals surface area (Å²) in [4.78, 5) is 0. The average molecular weight is 311 g/mol. The monoisotopic (exact) mass is 311 g/mol. The summed E-state index contributed by atoms with van der Waals surface area (Å²) in [5, 5.41) is -0.251. The van der Waals surface area contributed by atoms with Crippen molar-refractivity contribution in [3.63, 3.8) is 0 Å². The second-order valence-corrected chi connectivity index (χ2v) is 8.48. The molecule has 1 aromatic carbocycles. The maximum absolute atomic E-state index is 11.8. The van der Waals surface area contributed by atoms with E-state index in [1.54, 1.807) is 7.11 Å². The lowest BCUT2D eigenvalue weighted by atomic mass is 9.81. The van der Waals surface area contributed by atoms with Crippen LogP contribution in [0, 0.1) is 12.8 Å². The summed E-state index contributed by atoms with van der Waals surface area (Å²) in [5.74, 6) is 0.985. The van der Waals surface area contributed by atoms with E-state index in [1.165, 1.54) is 6.26 Å². The van der Waals surface area contributed by atoms with Crippen LogP contribution in [-0.4, -0.2) is 27.0 Å². The number of nitrogens with two attached hydrogens (primary N) is 1. The highest BCUT2D eigenvalue weighted by Crippen LogP contribution is 2.38. The molecule has 5 heteroatoms. The first-order valence-corrected chi connectivity index (χ1v) is 9.37. The fourth-order valence-corrected chi connectivity index (χ4v) is 4.44. The molecule has 2 rings (SSSR count). The Morgan fingerprint density at radius 3 is 2.67 bits per heavy atom. The molecule has 3 unspecified atom stereocenters. The molecular formula is C16H25NO3S. The molecule has 0 aliphatic heterocycles. The Balaban J connectivity index is 2.21. The van der Waals surface area contributed by atoms with Crippen molar-refractivity contribution in [3.05, 3.63) is 29.3 Å². The Morgan fingerprint density at radius 2 is 2.05 bits per heavy atom. The highest BCUT2D eigenvalue weighted by Gasteiger charge is 2.33. The van der Waals surface area contributed by atoms with Gasteiger partial charge < -0.3 is 10.5 Å². The summed E-state index contributed by atoms with van der Waals surface area (Å²) in [6, 6.07) is 5.83. The molecule has 0 saturated heterocycles. The van der Waals surface area contributed by atoms with E-state index in [0.717, 1.165) is 36.1 Å². The van der Waals surface area contributed by atoms with E-state index in [9.17, 15) is 8.42 Å². The second-order valence-electron chi connectivity index (χ2n) is 6.15. The standard InChI is InChI=1S/C16H25NO3S/c1-11-7-8-14(15(9-11)20-2)16(17)12-5-4-6-13(10-12)21(3,18)19/h7-9,12-13,16H,4-6,10,17H2,1-3H3. The van der Waals surface area contributed by atoms with Crippen LogP contribution < -0.4 is 10.5 Å². The molecule has 2 N–H and O–H groups in total. The van der Waals surface area contributed by atoms with Gasteiger partial charge in [-0.25, -0.2) is 8.42 Å². The predicted octanol–water partition coefficient (Wildman–Crippen LogP) is 2.61. The quantitative estimate of drug-likeness (QED) is 0.928. The van der Waals surface area contributed by atoms with E-state index >= 15 is 0 Å². The van der Waals surface area contributed by atoms with E-state index in [0.29, 0.717) is 6.42 Å². The smallest absolute Gasteiger partial charge is 0.150 e. The van der Waals surface area contributed by atoms with Gasteiger partial charge in [0, 0.05) is 17.9 Å². The Bertz CT molecular complexity index is 598. The number of benzene rings is 1. The lowest BCUT2D eigenvalue weighted by Gasteiger charge is -2.32. The molecule has 4 nitrogen and oxygen atoms in total. The first kappa shape index (κ1) is 16.3. The van der Waals surface area contributed by atoms with Crippen LogP contribution in [0.25, 0.3) is 0 Å². The molecule has 21 heavy (non-hydrogen) atoms. The molecule has 0 amide bonds. The SMILES string of the molecule is COc1cc(C)ccc1C(N)C1CCCC(S(C)(=O)=O)C1. The molecule has 118 valence electrons. The summed E-state index contributed by atoms with van der Waals surface area (Å²) in [6.45, 7) is 2.01. The third kappa shape index (κ3) is 3.77. The topological polar surface area (TPSA) is 69.4 Å². The zero-order valence-corrected chi connectivity index (χ0v) is 13.8. The van der Waals surface area contributed by atoms with Gasteiger partial charge in [-0.3, -0.25) is 0 Å². The lowest BCUT2D eigenvalue weighted by molar-refractivity contribution is 0.302. The molecule has 1 fully saturated rings. The third-order valence-corrected chi connectivity index (χ3v) is 6.17. The number of hydrogen-bond acceptors (Lipinski definition) is 4. The van der Waals surface area contributed by atoms with E-state index in [4.69, 9.17) is 10.5 Å². The molecule has 0 bridgehead atoms. The van der Waals surface area contributed by atoms with Gasteiger partial charge in [0.15, 0.2) is 0 Å². The summed E-state index contributed by atoms with van der Waals surface area (Å²) in [5.41, 5.74) is 8.53. The number of sulfone groups is 1. The van der Waals surface area contributed by atoms with Gasteiger partial charge in [-0.1, -0.05) is 18.6 Å². The molecule has 1 aliphatic carbocycles. The molecule has 0 radical (unpaired) electrons. The summed E-state index contributed by atoms with van der Waals surface area (Å²) >= 11 is 0. The number of aryl methyl sites for hydroxylation is 1. The van der Waals surface area contributed by atoms with Crippen molar-refractivity contribution in [2.24, 2.45) is 11.7 Å². The van der Waals surface area contributed by atoms with Crippen LogP contribution in [0.3, 0.4) is 0 Å². The van der Waals surface area contributed by atoms with Crippen molar-refractivity contribution in [1.82, 2.24) is 0 Å². The summed E-state index contributed by atoms with van der Waals surface area (Å²) in [6.07, 6.45) is 4.64. The van der Waals surface area contributed by atoms with E-state index < -0.39 is 9.84 Å². The summed E-state index contributed by atoms with van der Waals surface area (Å²) < 4.78 is 29.0. The minimum atomic E-state index is -2.98. The number of methoxy groups -OCH3 is 1. The number of hydrogen-bond donors (Lipinski definition) is 1. The number of rotatable bonds is 4. The maximum atomic E-state index is 11.8. The van der Waals surface area contributed by atoms with E-state index in [-0.39, 0.29) is 17.2 Å². The third-order valence-electron chi connectivity index (χ3n) is 4.53. The fourth-order valence-electron chi connectivity index (χ4n) is 3.24. The molecule has 0 heterocycles. The molecule has 0 aromatic heterocycles. The van der Waals surface area contributed by atoms with Gasteiger partial charge in [0.2, 0.25) is 0 Å². The van der Waals surface area contributed by atoms with Crippen molar-refractivity contribution >= 4 is 9.84 Å². The highest BCUT2D eigenvalue weighted by atomic mass is 32.2. The second kappa shape index (κ2) is 6.36. The van der Waals surface area contributed by atoms with Gasteiger partial charge in [0.25, 0.3) is 0 Å². The zero-order chi connectivity index (χ0) is 15.6. The van der Waals surface area contributed by atoms with Crippen molar-refractivity contribution in [1.29, 1.82) is 0 Å². The van der Waals surface area contributed by atoms with Crippen molar-refractivity contribution in [3.8, 4) is 5.75 Å². The van der Waals surface area contributed by atoms with Crippen LogP contribution in [-0.2, 0) is 9.84 Å². The van der Waals surface area contributed by atoms with Gasteiger partial charge in [0.1, 0.15) is 15.6 Å². The minimum absolute atomic E-state index is 0.176. The van der Waals surface area contributed by atoms with Crippen molar-refractivity contribution in [2.45, 2.75) is 43.9 Å². The summed E-state index contributed by atoms with van der Waals surface area (Å²) in [7, 11) is -1.34. The molecule has 1 aromatic rings. The van der Waals surface area contributed by atoms with Crippen LogP contribution in [0.5, 0.6) is 5.75 Å². The van der Waals surface area contributed by atoms with Crippen molar-refractivity contribution < 1.29 is 13.2 Å². The lowest BCUT2D eigenvalue weighted by Crippen LogP contribution is -2.33. The van der Waals surface area contributed by atoms with E-state index in [1.807, 2.05) is 25.1 Å². The van der Waals surface area contributed by atoms with Gasteiger partial charge in [-0.05, 0) is 43.7 Å². The maximum Gasteiger partial charge on any atom is 0.150 e. The van der Waals surface area contributed by atoms with Gasteiger partial charge in [-0.2, -0.15) is 0 Å². The number of ether oxygens (including phenoxy) is 1. The zero-order valence-electron chi connectivity index (χ0n) is 13.0. The van der Waals surface area contributed by atoms with Crippen LogP contribution in [0.2, 0.25) is 0 Å². The Morgan fingerprint density at radius 1 is 1.33 bits per heavy atom. The molecule has 1 aliphatic rings. The van der Waals surface area contributed by atoms with Gasteiger partial charge >= 0.3 is 0 Å². The van der Waals surface area contributed by atoms with Crippen LogP contribution in [0.4, 0.5) is 0 Å². The predicted molar refractivity (Wildman–Crippen MR) is 85.2 cm³/mol. The normalized spacial score (nSPS) is 24.6. The fraction of sp³-hybridized carbons (Fsp3) is 0.625. The highest BCUT2D eigenvalue weighted by molar-refractivity contribution is 7.91. The first-order chi connectivity index (χ1) is 9.82. The van der Waals surface area contributed by atoms with Crippen LogP contribution in [0.15, 0.2) is 18.2 Å². The van der Waals surface area contributed by atoms with Gasteiger partial charge in [0.05, 0.1) is 12.4 Å². The van der Waals surface area contributed by atoms with E-state index in [2.05, 4.69) is 0 Å². The Labute approximate surface area is 127 Å². The molecule has 0 spiro atoms. The minimum Gasteiger partial charge on any atom is -0.496 e. The molecule has 3 atom stereocenters. The van der Waals surface area contributed by atoms with Crippen molar-refractivity contribution in [2.75, 3.05) is 13.4 Å². The first-order valence-electron chi connectivity index (χ1n) is 7.42. The van der Waals surface area contributed by atoms with Crippen LogP contribution in [0.1, 0.15) is 42.9 Å². The Kier molecular flexibility index (Phi) is 4.94. The van der Waals surface area contributed by atoms with Crippen LogP contribution >= 0.6 is 0 Å². The largest absolute Gasteiger partial charge is 0.496 e. The molecular weight excluding hydrogens is 286 g/mol. The van der Waals surface area contributed by atoms with Gasteiger partial charge in [-0.15, -0.1) is 0 Å². The Hall–Kier alpha value is -1.07.